The number of hydrogen-bond donors (Lipinski definition) is 2. The summed E-state index contributed by atoms with van der Waals surface area (Å²) in [4.78, 5) is 10.9. The van der Waals surface area contributed by atoms with Crippen LogP contribution in [0.5, 0.6) is 0 Å². The van der Waals surface area contributed by atoms with Crippen molar-refractivity contribution in [2.75, 3.05) is 36.2 Å². The van der Waals surface area contributed by atoms with Crippen LogP contribution in [0.25, 0.3) is 0 Å². The van der Waals surface area contributed by atoms with E-state index in [1.165, 1.54) is 11.3 Å². The minimum Gasteiger partial charge on any atom is -0.393 e. The van der Waals surface area contributed by atoms with E-state index in [0.29, 0.717) is 18.1 Å². The molecule has 1 aromatic heterocycles. The minimum atomic E-state index is 0.124. The summed E-state index contributed by atoms with van der Waals surface area (Å²) < 4.78 is 5.15. The molecule has 6 nitrogen and oxygen atoms in total. The minimum absolute atomic E-state index is 0.124. The summed E-state index contributed by atoms with van der Waals surface area (Å²) in [6, 6.07) is 8.54. The van der Waals surface area contributed by atoms with Gasteiger partial charge in [-0.25, -0.2) is 9.97 Å². The molecule has 23 heavy (non-hydrogen) atoms. The van der Waals surface area contributed by atoms with Gasteiger partial charge in [0, 0.05) is 25.4 Å². The molecule has 1 aliphatic rings. The second-order valence-electron chi connectivity index (χ2n) is 5.84. The zero-order chi connectivity index (χ0) is 16.2. The van der Waals surface area contributed by atoms with E-state index in [1.54, 1.807) is 13.4 Å². The van der Waals surface area contributed by atoms with Crippen LogP contribution in [0.4, 0.5) is 23.0 Å². The molecular weight excluding hydrogens is 290 g/mol. The molecule has 1 atom stereocenters. The Morgan fingerprint density at radius 3 is 3.00 bits per heavy atom. The van der Waals surface area contributed by atoms with Crippen molar-refractivity contribution in [2.24, 2.45) is 0 Å². The number of aryl methyl sites for hydroxylation is 1. The number of rotatable bonds is 5. The molecule has 3 rings (SSSR count). The van der Waals surface area contributed by atoms with Gasteiger partial charge < -0.3 is 20.7 Å². The van der Waals surface area contributed by atoms with Crippen molar-refractivity contribution in [2.45, 2.75) is 25.8 Å². The number of aromatic nitrogens is 2. The molecule has 0 spiro atoms. The Bertz CT molecular complexity index is 676. The first kappa shape index (κ1) is 15.6. The van der Waals surface area contributed by atoms with Gasteiger partial charge in [0.15, 0.2) is 11.6 Å². The van der Waals surface area contributed by atoms with Gasteiger partial charge in [0.25, 0.3) is 0 Å². The number of hydrogen-bond acceptors (Lipinski definition) is 6. The van der Waals surface area contributed by atoms with E-state index in [2.05, 4.69) is 38.4 Å². The van der Waals surface area contributed by atoms with E-state index in [9.17, 15) is 0 Å². The number of fused-ring (bicyclic) bond motifs is 1. The summed E-state index contributed by atoms with van der Waals surface area (Å²) in [7, 11) is 1.68. The standard InChI is InChI=1S/C17H23N5O/c1-12(10-23-2)21-16-15(18)17(20-11-19-16)22-9-5-7-13-6-3-4-8-14(13)22/h3-4,6,8,11-12H,5,7,9-10,18H2,1-2H3,(H,19,20,21). The lowest BCUT2D eigenvalue weighted by atomic mass is 10.0. The summed E-state index contributed by atoms with van der Waals surface area (Å²) in [5.74, 6) is 1.42. The van der Waals surface area contributed by atoms with Gasteiger partial charge in [-0.15, -0.1) is 0 Å². The van der Waals surface area contributed by atoms with Crippen molar-refractivity contribution in [1.82, 2.24) is 9.97 Å². The summed E-state index contributed by atoms with van der Waals surface area (Å²) >= 11 is 0. The number of methoxy groups -OCH3 is 1. The average molecular weight is 313 g/mol. The zero-order valence-electron chi connectivity index (χ0n) is 13.6. The highest BCUT2D eigenvalue weighted by molar-refractivity contribution is 5.80. The molecule has 0 amide bonds. The van der Waals surface area contributed by atoms with Crippen molar-refractivity contribution >= 4 is 23.0 Å². The van der Waals surface area contributed by atoms with Crippen LogP contribution < -0.4 is 16.0 Å². The predicted molar refractivity (Wildman–Crippen MR) is 93.2 cm³/mol. The summed E-state index contributed by atoms with van der Waals surface area (Å²) in [6.45, 7) is 3.53. The fraction of sp³-hybridized carbons (Fsp3) is 0.412. The third-order valence-corrected chi connectivity index (χ3v) is 4.03. The second kappa shape index (κ2) is 6.83. The van der Waals surface area contributed by atoms with Crippen LogP contribution in [0, 0.1) is 0 Å². The molecule has 6 heteroatoms. The summed E-state index contributed by atoms with van der Waals surface area (Å²) in [5, 5.41) is 3.29. The van der Waals surface area contributed by atoms with Gasteiger partial charge >= 0.3 is 0 Å². The Balaban J connectivity index is 1.92. The van der Waals surface area contributed by atoms with E-state index in [0.717, 1.165) is 25.2 Å². The Morgan fingerprint density at radius 1 is 1.35 bits per heavy atom. The van der Waals surface area contributed by atoms with Gasteiger partial charge in [-0.1, -0.05) is 18.2 Å². The van der Waals surface area contributed by atoms with Crippen LogP contribution in [0.1, 0.15) is 18.9 Å². The number of nitrogens with two attached hydrogens (primary N) is 1. The van der Waals surface area contributed by atoms with Crippen LogP contribution in [0.2, 0.25) is 0 Å². The van der Waals surface area contributed by atoms with Gasteiger partial charge in [-0.3, -0.25) is 0 Å². The van der Waals surface area contributed by atoms with Crippen LogP contribution in [-0.4, -0.2) is 36.3 Å². The molecule has 2 heterocycles. The molecule has 0 bridgehead atoms. The molecule has 122 valence electrons. The Morgan fingerprint density at radius 2 is 2.17 bits per heavy atom. The van der Waals surface area contributed by atoms with Crippen LogP contribution in [-0.2, 0) is 11.2 Å². The average Bonchev–Trinajstić information content (AvgIpc) is 2.57. The Labute approximate surface area is 136 Å². The topological polar surface area (TPSA) is 76.3 Å². The molecule has 0 radical (unpaired) electrons. The molecule has 0 aliphatic carbocycles. The molecule has 0 saturated heterocycles. The van der Waals surface area contributed by atoms with E-state index in [4.69, 9.17) is 10.5 Å². The normalized spacial score (nSPS) is 15.1. The summed E-state index contributed by atoms with van der Waals surface area (Å²) in [5.41, 5.74) is 9.43. The van der Waals surface area contributed by atoms with Gasteiger partial charge in [0.05, 0.1) is 6.61 Å². The van der Waals surface area contributed by atoms with Crippen molar-refractivity contribution < 1.29 is 4.74 Å². The maximum atomic E-state index is 6.35. The smallest absolute Gasteiger partial charge is 0.161 e. The second-order valence-corrected chi connectivity index (χ2v) is 5.84. The SMILES string of the molecule is COCC(C)Nc1ncnc(N2CCCc3ccccc32)c1N. The van der Waals surface area contributed by atoms with Crippen LogP contribution in [0.15, 0.2) is 30.6 Å². The van der Waals surface area contributed by atoms with Crippen molar-refractivity contribution in [3.63, 3.8) is 0 Å². The number of ether oxygens (including phenoxy) is 1. The molecule has 2 aromatic rings. The highest BCUT2D eigenvalue weighted by Crippen LogP contribution is 2.36. The largest absolute Gasteiger partial charge is 0.393 e. The van der Waals surface area contributed by atoms with Gasteiger partial charge in [-0.05, 0) is 31.4 Å². The maximum Gasteiger partial charge on any atom is 0.161 e. The van der Waals surface area contributed by atoms with E-state index >= 15 is 0 Å². The molecular formula is C17H23N5O. The van der Waals surface area contributed by atoms with Gasteiger partial charge in [0.2, 0.25) is 0 Å². The quantitative estimate of drug-likeness (QED) is 0.883. The predicted octanol–water partition coefficient (Wildman–Crippen LogP) is 2.59. The van der Waals surface area contributed by atoms with E-state index in [-0.39, 0.29) is 6.04 Å². The zero-order valence-corrected chi connectivity index (χ0v) is 13.6. The Kier molecular flexibility index (Phi) is 4.62. The van der Waals surface area contributed by atoms with Crippen molar-refractivity contribution in [3.05, 3.63) is 36.2 Å². The van der Waals surface area contributed by atoms with E-state index < -0.39 is 0 Å². The number of anilines is 4. The first-order valence-corrected chi connectivity index (χ1v) is 7.92. The van der Waals surface area contributed by atoms with Crippen molar-refractivity contribution in [3.8, 4) is 0 Å². The first-order valence-electron chi connectivity index (χ1n) is 7.92. The highest BCUT2D eigenvalue weighted by atomic mass is 16.5. The first-order chi connectivity index (χ1) is 11.2. The van der Waals surface area contributed by atoms with Gasteiger partial charge in [-0.2, -0.15) is 0 Å². The molecule has 3 N–H and O–H groups in total. The highest BCUT2D eigenvalue weighted by Gasteiger charge is 2.22. The van der Waals surface area contributed by atoms with E-state index in [1.807, 2.05) is 13.0 Å². The number of nitrogens with zero attached hydrogens (tertiary/aromatic N) is 3. The lowest BCUT2D eigenvalue weighted by molar-refractivity contribution is 0.190. The molecule has 1 unspecified atom stereocenters. The maximum absolute atomic E-state index is 6.35. The number of para-hydroxylation sites is 1. The van der Waals surface area contributed by atoms with Crippen molar-refractivity contribution in [1.29, 1.82) is 0 Å². The molecule has 0 fully saturated rings. The lowest BCUT2D eigenvalue weighted by Crippen LogP contribution is -2.27. The van der Waals surface area contributed by atoms with Gasteiger partial charge in [0.1, 0.15) is 12.0 Å². The van der Waals surface area contributed by atoms with Crippen LogP contribution in [0.3, 0.4) is 0 Å². The summed E-state index contributed by atoms with van der Waals surface area (Å²) in [6.07, 6.45) is 3.74. The Hall–Kier alpha value is -2.34. The molecule has 0 saturated carbocycles. The third-order valence-electron chi connectivity index (χ3n) is 4.03. The number of nitrogens with one attached hydrogen (secondary N) is 1. The monoisotopic (exact) mass is 313 g/mol. The lowest BCUT2D eigenvalue weighted by Gasteiger charge is -2.31. The van der Waals surface area contributed by atoms with Crippen LogP contribution >= 0.6 is 0 Å². The molecule has 1 aliphatic heterocycles. The fourth-order valence-electron chi connectivity index (χ4n) is 3.00. The number of nitrogen functional groups attached to an aromatic ring is 1. The molecule has 1 aromatic carbocycles. The third kappa shape index (κ3) is 3.22. The fourth-order valence-corrected chi connectivity index (χ4v) is 3.00. The number of benzene rings is 1.